The van der Waals surface area contributed by atoms with Crippen LogP contribution in [0.5, 0.6) is 0 Å². The number of benzene rings is 1. The Morgan fingerprint density at radius 2 is 2.44 bits per heavy atom. The van der Waals surface area contributed by atoms with Crippen LogP contribution in [-0.2, 0) is 4.79 Å². The third-order valence-corrected chi connectivity index (χ3v) is 2.46. The third kappa shape index (κ3) is 1.63. The molecule has 1 aromatic carbocycles. The molecule has 1 aromatic rings. The summed E-state index contributed by atoms with van der Waals surface area (Å²) < 4.78 is 0. The van der Waals surface area contributed by atoms with E-state index in [9.17, 15) is 4.79 Å². The van der Waals surface area contributed by atoms with Crippen LogP contribution in [0.3, 0.4) is 0 Å². The number of anilines is 2. The minimum Gasteiger partial charge on any atom is -0.374 e. The maximum atomic E-state index is 11.7. The Morgan fingerprint density at radius 1 is 1.62 bits per heavy atom. The van der Waals surface area contributed by atoms with Gasteiger partial charge in [-0.2, -0.15) is 5.26 Å². The fourth-order valence-corrected chi connectivity index (χ4v) is 1.70. The van der Waals surface area contributed by atoms with E-state index in [2.05, 4.69) is 18.0 Å². The van der Waals surface area contributed by atoms with Crippen LogP contribution >= 0.6 is 0 Å². The quantitative estimate of drug-likeness (QED) is 0.757. The zero-order chi connectivity index (χ0) is 11.5. The Morgan fingerprint density at radius 3 is 3.12 bits per heavy atom. The SMILES string of the molecule is C=CCN1C(=O)CNc2ccc(C#N)cc21. The van der Waals surface area contributed by atoms with Gasteiger partial charge in [-0.3, -0.25) is 4.79 Å². The van der Waals surface area contributed by atoms with Gasteiger partial charge in [-0.1, -0.05) is 6.08 Å². The zero-order valence-electron chi connectivity index (χ0n) is 8.73. The van der Waals surface area contributed by atoms with Crippen molar-refractivity contribution in [2.24, 2.45) is 0 Å². The Bertz CT molecular complexity index is 488. The third-order valence-electron chi connectivity index (χ3n) is 2.46. The van der Waals surface area contributed by atoms with Crippen LogP contribution < -0.4 is 10.2 Å². The molecule has 0 spiro atoms. The molecular weight excluding hydrogens is 202 g/mol. The van der Waals surface area contributed by atoms with E-state index in [1.807, 2.05) is 6.07 Å². The van der Waals surface area contributed by atoms with Gasteiger partial charge in [0, 0.05) is 6.54 Å². The van der Waals surface area contributed by atoms with Crippen molar-refractivity contribution in [1.29, 1.82) is 5.26 Å². The topological polar surface area (TPSA) is 56.1 Å². The zero-order valence-corrected chi connectivity index (χ0v) is 8.73. The molecule has 16 heavy (non-hydrogen) atoms. The van der Waals surface area contributed by atoms with Gasteiger partial charge >= 0.3 is 0 Å². The first-order valence-corrected chi connectivity index (χ1v) is 4.95. The van der Waals surface area contributed by atoms with Crippen molar-refractivity contribution in [3.8, 4) is 6.07 Å². The van der Waals surface area contributed by atoms with Gasteiger partial charge in [-0.05, 0) is 18.2 Å². The highest BCUT2D eigenvalue weighted by atomic mass is 16.2. The second kappa shape index (κ2) is 4.07. The smallest absolute Gasteiger partial charge is 0.246 e. The van der Waals surface area contributed by atoms with E-state index in [1.165, 1.54) is 0 Å². The molecule has 1 amide bonds. The van der Waals surface area contributed by atoms with Gasteiger partial charge in [0.15, 0.2) is 0 Å². The minimum atomic E-state index is -0.0116. The van der Waals surface area contributed by atoms with Crippen LogP contribution in [0, 0.1) is 11.3 Å². The van der Waals surface area contributed by atoms with E-state index in [4.69, 9.17) is 5.26 Å². The maximum absolute atomic E-state index is 11.7. The molecule has 1 N–H and O–H groups in total. The average molecular weight is 213 g/mol. The molecule has 0 atom stereocenters. The van der Waals surface area contributed by atoms with Gasteiger partial charge in [0.05, 0.1) is 29.6 Å². The summed E-state index contributed by atoms with van der Waals surface area (Å²) in [6, 6.07) is 7.32. The predicted molar refractivity (Wildman–Crippen MR) is 62.2 cm³/mol. The van der Waals surface area contributed by atoms with Crippen molar-refractivity contribution in [3.05, 3.63) is 36.4 Å². The summed E-state index contributed by atoms with van der Waals surface area (Å²) in [6.45, 7) is 4.37. The van der Waals surface area contributed by atoms with E-state index >= 15 is 0 Å². The molecule has 0 aliphatic carbocycles. The summed E-state index contributed by atoms with van der Waals surface area (Å²) >= 11 is 0. The summed E-state index contributed by atoms with van der Waals surface area (Å²) in [6.07, 6.45) is 1.67. The first-order chi connectivity index (χ1) is 7.76. The van der Waals surface area contributed by atoms with Gasteiger partial charge < -0.3 is 10.2 Å². The fourth-order valence-electron chi connectivity index (χ4n) is 1.70. The highest BCUT2D eigenvalue weighted by Crippen LogP contribution is 2.30. The lowest BCUT2D eigenvalue weighted by atomic mass is 10.1. The molecule has 0 aromatic heterocycles. The summed E-state index contributed by atoms with van der Waals surface area (Å²) in [5, 5.41) is 11.8. The van der Waals surface area contributed by atoms with Crippen molar-refractivity contribution in [3.63, 3.8) is 0 Å². The lowest BCUT2D eigenvalue weighted by Crippen LogP contribution is -2.39. The van der Waals surface area contributed by atoms with E-state index in [0.717, 1.165) is 11.4 Å². The number of carbonyl (C=O) groups excluding carboxylic acids is 1. The van der Waals surface area contributed by atoms with E-state index in [0.29, 0.717) is 12.1 Å². The number of hydrogen-bond donors (Lipinski definition) is 1. The molecule has 0 radical (unpaired) electrons. The molecule has 0 unspecified atom stereocenters. The monoisotopic (exact) mass is 213 g/mol. The molecular formula is C12H11N3O. The number of amides is 1. The van der Waals surface area contributed by atoms with Crippen LogP contribution in [0.15, 0.2) is 30.9 Å². The first kappa shape index (κ1) is 10.2. The van der Waals surface area contributed by atoms with Crippen molar-refractivity contribution < 1.29 is 4.79 Å². The van der Waals surface area contributed by atoms with Gasteiger partial charge in [0.1, 0.15) is 0 Å². The maximum Gasteiger partial charge on any atom is 0.246 e. The minimum absolute atomic E-state index is 0.0116. The molecule has 1 heterocycles. The molecule has 1 aliphatic rings. The number of nitrogens with one attached hydrogen (secondary N) is 1. The number of nitrogens with zero attached hydrogens (tertiary/aromatic N) is 2. The van der Waals surface area contributed by atoms with Crippen molar-refractivity contribution in [2.75, 3.05) is 23.3 Å². The average Bonchev–Trinajstić information content (AvgIpc) is 2.32. The molecule has 2 rings (SSSR count). The number of rotatable bonds is 2. The van der Waals surface area contributed by atoms with Gasteiger partial charge in [-0.15, -0.1) is 6.58 Å². The summed E-state index contributed by atoms with van der Waals surface area (Å²) in [4.78, 5) is 13.3. The molecule has 0 saturated carbocycles. The standard InChI is InChI=1S/C12H11N3O/c1-2-5-15-11-6-9(7-13)3-4-10(11)14-8-12(15)16/h2-4,6,14H,1,5,8H2. The summed E-state index contributed by atoms with van der Waals surface area (Å²) in [7, 11) is 0. The molecule has 1 aliphatic heterocycles. The molecule has 4 nitrogen and oxygen atoms in total. The predicted octanol–water partition coefficient (Wildman–Crippen LogP) is 1.50. The molecule has 4 heteroatoms. The van der Waals surface area contributed by atoms with Crippen molar-refractivity contribution in [2.45, 2.75) is 0 Å². The lowest BCUT2D eigenvalue weighted by molar-refractivity contribution is -0.117. The second-order valence-electron chi connectivity index (χ2n) is 3.49. The van der Waals surface area contributed by atoms with Crippen LogP contribution in [0.25, 0.3) is 0 Å². The fraction of sp³-hybridized carbons (Fsp3) is 0.167. The number of hydrogen-bond acceptors (Lipinski definition) is 3. The van der Waals surface area contributed by atoms with Crippen molar-refractivity contribution >= 4 is 17.3 Å². The lowest BCUT2D eigenvalue weighted by Gasteiger charge is -2.29. The molecule has 0 fully saturated rings. The largest absolute Gasteiger partial charge is 0.374 e. The number of fused-ring (bicyclic) bond motifs is 1. The second-order valence-corrected chi connectivity index (χ2v) is 3.49. The molecule has 80 valence electrons. The number of nitriles is 1. The highest BCUT2D eigenvalue weighted by molar-refractivity contribution is 6.03. The molecule has 0 bridgehead atoms. The van der Waals surface area contributed by atoms with Gasteiger partial charge in [0.2, 0.25) is 5.91 Å². The molecule has 0 saturated heterocycles. The van der Waals surface area contributed by atoms with Crippen LogP contribution in [0.4, 0.5) is 11.4 Å². The Kier molecular flexibility index (Phi) is 2.61. The van der Waals surface area contributed by atoms with Crippen molar-refractivity contribution in [1.82, 2.24) is 0 Å². The normalized spacial score (nSPS) is 13.7. The van der Waals surface area contributed by atoms with E-state index < -0.39 is 0 Å². The van der Waals surface area contributed by atoms with Gasteiger partial charge in [0.25, 0.3) is 0 Å². The highest BCUT2D eigenvalue weighted by Gasteiger charge is 2.22. The van der Waals surface area contributed by atoms with Gasteiger partial charge in [-0.25, -0.2) is 0 Å². The Balaban J connectivity index is 2.48. The Labute approximate surface area is 93.8 Å². The summed E-state index contributed by atoms with van der Waals surface area (Å²) in [5.74, 6) is -0.0116. The summed E-state index contributed by atoms with van der Waals surface area (Å²) in [5.41, 5.74) is 2.17. The van der Waals surface area contributed by atoms with E-state index in [1.54, 1.807) is 23.1 Å². The Hall–Kier alpha value is -2.28. The van der Waals surface area contributed by atoms with Crippen LogP contribution in [0.1, 0.15) is 5.56 Å². The van der Waals surface area contributed by atoms with Crippen LogP contribution in [0.2, 0.25) is 0 Å². The van der Waals surface area contributed by atoms with E-state index in [-0.39, 0.29) is 12.5 Å². The van der Waals surface area contributed by atoms with Crippen LogP contribution in [-0.4, -0.2) is 19.0 Å². The number of carbonyl (C=O) groups is 1. The first-order valence-electron chi connectivity index (χ1n) is 4.95.